The topological polar surface area (TPSA) is 24.9 Å². The Balaban J connectivity index is 1.84. The molecule has 0 saturated heterocycles. The molecular weight excluding hydrogens is 248 g/mol. The Morgan fingerprint density at radius 2 is 2.29 bits per heavy atom. The van der Waals surface area contributed by atoms with Crippen LogP contribution in [0.15, 0.2) is 22.9 Å². The van der Waals surface area contributed by atoms with Crippen molar-refractivity contribution >= 4 is 22.7 Å². The van der Waals surface area contributed by atoms with Gasteiger partial charge in [0.25, 0.3) is 0 Å². The Morgan fingerprint density at radius 3 is 2.88 bits per heavy atom. The summed E-state index contributed by atoms with van der Waals surface area (Å²) in [5, 5.41) is 8.87. The van der Waals surface area contributed by atoms with Gasteiger partial charge in [-0.15, -0.1) is 22.7 Å². The molecule has 0 aliphatic rings. The maximum Gasteiger partial charge on any atom is 0.0897 e. The monoisotopic (exact) mass is 266 g/mol. The van der Waals surface area contributed by atoms with Crippen molar-refractivity contribution in [1.29, 1.82) is 0 Å². The fraction of sp³-hybridized carbons (Fsp3) is 0.462. The quantitative estimate of drug-likeness (QED) is 0.868. The molecule has 2 nitrogen and oxygen atoms in total. The fourth-order valence-electron chi connectivity index (χ4n) is 1.87. The van der Waals surface area contributed by atoms with Crippen molar-refractivity contribution in [1.82, 2.24) is 10.3 Å². The molecule has 92 valence electrons. The van der Waals surface area contributed by atoms with E-state index >= 15 is 0 Å². The minimum Gasteiger partial charge on any atom is -0.317 e. The second kappa shape index (κ2) is 6.28. The predicted octanol–water partition coefficient (Wildman–Crippen LogP) is 3.28. The molecule has 4 heteroatoms. The minimum atomic E-state index is 0.526. The molecule has 0 amide bonds. The van der Waals surface area contributed by atoms with E-state index in [-0.39, 0.29) is 0 Å². The summed E-state index contributed by atoms with van der Waals surface area (Å²) in [6.07, 6.45) is 3.37. The predicted molar refractivity (Wildman–Crippen MR) is 76.0 cm³/mol. The Kier molecular flexibility index (Phi) is 4.71. The summed E-state index contributed by atoms with van der Waals surface area (Å²) in [5.74, 6) is 0. The minimum absolute atomic E-state index is 0.526. The molecule has 0 aliphatic heterocycles. The van der Waals surface area contributed by atoms with Gasteiger partial charge in [-0.25, -0.2) is 4.98 Å². The molecule has 1 N–H and O–H groups in total. The maximum atomic E-state index is 4.52. The molecule has 0 saturated carbocycles. The number of thiazole rings is 1. The number of likely N-dealkylation sites (N-methyl/N-ethyl adjacent to an activating group) is 1. The number of rotatable bonds is 6. The number of thiophene rings is 1. The first kappa shape index (κ1) is 12.7. The first-order chi connectivity index (χ1) is 8.28. The van der Waals surface area contributed by atoms with Gasteiger partial charge in [-0.3, -0.25) is 0 Å². The molecule has 0 radical (unpaired) electrons. The third kappa shape index (κ3) is 3.91. The Hall–Kier alpha value is -0.710. The van der Waals surface area contributed by atoms with E-state index in [9.17, 15) is 0 Å². The van der Waals surface area contributed by atoms with E-state index in [0.29, 0.717) is 6.04 Å². The van der Waals surface area contributed by atoms with Crippen molar-refractivity contribution in [3.63, 3.8) is 0 Å². The summed E-state index contributed by atoms with van der Waals surface area (Å²) in [4.78, 5) is 6.00. The second-order valence-corrected chi connectivity index (χ2v) is 6.26. The van der Waals surface area contributed by atoms with Gasteiger partial charge < -0.3 is 5.32 Å². The Morgan fingerprint density at radius 1 is 1.41 bits per heavy atom. The normalized spacial score (nSPS) is 12.8. The lowest BCUT2D eigenvalue weighted by molar-refractivity contribution is 0.517. The van der Waals surface area contributed by atoms with Crippen molar-refractivity contribution in [2.24, 2.45) is 0 Å². The molecule has 0 fully saturated rings. The van der Waals surface area contributed by atoms with Gasteiger partial charge in [0.15, 0.2) is 0 Å². The molecule has 2 aromatic rings. The van der Waals surface area contributed by atoms with Crippen LogP contribution in [0.2, 0.25) is 0 Å². The Bertz CT molecular complexity index is 434. The van der Waals surface area contributed by atoms with Crippen LogP contribution < -0.4 is 5.32 Å². The molecule has 0 aromatic carbocycles. The zero-order valence-electron chi connectivity index (χ0n) is 10.3. The van der Waals surface area contributed by atoms with E-state index < -0.39 is 0 Å². The number of aryl methyl sites for hydroxylation is 2. The molecule has 2 heterocycles. The van der Waals surface area contributed by atoms with Gasteiger partial charge in [0, 0.05) is 22.7 Å². The van der Waals surface area contributed by atoms with Gasteiger partial charge in [0.05, 0.1) is 10.7 Å². The van der Waals surface area contributed by atoms with Crippen LogP contribution in [0, 0.1) is 6.92 Å². The smallest absolute Gasteiger partial charge is 0.0897 e. The van der Waals surface area contributed by atoms with Crippen LogP contribution in [0.5, 0.6) is 0 Å². The molecule has 0 aliphatic carbocycles. The average Bonchev–Trinajstić information content (AvgIpc) is 2.96. The van der Waals surface area contributed by atoms with Gasteiger partial charge in [-0.05, 0) is 38.3 Å². The highest BCUT2D eigenvalue weighted by molar-refractivity contribution is 7.10. The summed E-state index contributed by atoms with van der Waals surface area (Å²) < 4.78 is 0. The lowest BCUT2D eigenvalue weighted by Gasteiger charge is -2.14. The molecule has 1 atom stereocenters. The number of hydrogen-bond acceptors (Lipinski definition) is 4. The van der Waals surface area contributed by atoms with Crippen molar-refractivity contribution in [2.75, 3.05) is 7.05 Å². The maximum absolute atomic E-state index is 4.52. The third-order valence-corrected chi connectivity index (χ3v) is 4.61. The van der Waals surface area contributed by atoms with Crippen molar-refractivity contribution in [3.8, 4) is 0 Å². The molecule has 0 spiro atoms. The lowest BCUT2D eigenvalue weighted by atomic mass is 10.1. The van der Waals surface area contributed by atoms with Crippen LogP contribution in [0.1, 0.15) is 22.0 Å². The number of nitrogens with zero attached hydrogens (tertiary/aromatic N) is 1. The van der Waals surface area contributed by atoms with Crippen molar-refractivity contribution in [2.45, 2.75) is 32.2 Å². The number of hydrogen-bond donors (Lipinski definition) is 1. The van der Waals surface area contributed by atoms with Crippen LogP contribution in [0.3, 0.4) is 0 Å². The molecule has 17 heavy (non-hydrogen) atoms. The van der Waals surface area contributed by atoms with Crippen LogP contribution in [-0.2, 0) is 12.8 Å². The van der Waals surface area contributed by atoms with Crippen LogP contribution in [-0.4, -0.2) is 18.1 Å². The third-order valence-electron chi connectivity index (χ3n) is 2.85. The van der Waals surface area contributed by atoms with E-state index in [4.69, 9.17) is 0 Å². The van der Waals surface area contributed by atoms with Crippen molar-refractivity contribution < 1.29 is 0 Å². The zero-order chi connectivity index (χ0) is 12.1. The van der Waals surface area contributed by atoms with E-state index in [2.05, 4.69) is 40.1 Å². The van der Waals surface area contributed by atoms with E-state index in [1.54, 1.807) is 11.3 Å². The van der Waals surface area contributed by atoms with E-state index in [1.807, 2.05) is 18.4 Å². The van der Waals surface area contributed by atoms with Gasteiger partial charge in [0.1, 0.15) is 0 Å². The summed E-state index contributed by atoms with van der Waals surface area (Å²) in [7, 11) is 2.04. The molecule has 0 bridgehead atoms. The molecule has 2 rings (SSSR count). The standard InChI is InChI=1S/C13H18N2S2/c1-10-15-12(9-17-10)8-11(14-2)5-6-13-4-3-7-16-13/h3-4,7,9,11,14H,5-6,8H2,1-2H3. The van der Waals surface area contributed by atoms with Crippen LogP contribution >= 0.6 is 22.7 Å². The zero-order valence-corrected chi connectivity index (χ0v) is 11.9. The van der Waals surface area contributed by atoms with Gasteiger partial charge in [-0.1, -0.05) is 6.07 Å². The average molecular weight is 266 g/mol. The molecular formula is C13H18N2S2. The highest BCUT2D eigenvalue weighted by atomic mass is 32.1. The fourth-order valence-corrected chi connectivity index (χ4v) is 3.22. The summed E-state index contributed by atoms with van der Waals surface area (Å²) >= 11 is 3.58. The van der Waals surface area contributed by atoms with Crippen LogP contribution in [0.25, 0.3) is 0 Å². The summed E-state index contributed by atoms with van der Waals surface area (Å²) in [5.41, 5.74) is 1.22. The number of nitrogens with one attached hydrogen (secondary N) is 1. The summed E-state index contributed by atoms with van der Waals surface area (Å²) in [6.45, 7) is 2.06. The van der Waals surface area contributed by atoms with E-state index in [1.165, 1.54) is 17.0 Å². The highest BCUT2D eigenvalue weighted by Gasteiger charge is 2.09. The lowest BCUT2D eigenvalue weighted by Crippen LogP contribution is -2.28. The molecule has 1 unspecified atom stereocenters. The first-order valence-electron chi connectivity index (χ1n) is 5.88. The van der Waals surface area contributed by atoms with Gasteiger partial charge in [-0.2, -0.15) is 0 Å². The summed E-state index contributed by atoms with van der Waals surface area (Å²) in [6, 6.07) is 4.86. The second-order valence-electron chi connectivity index (χ2n) is 4.17. The van der Waals surface area contributed by atoms with Gasteiger partial charge >= 0.3 is 0 Å². The van der Waals surface area contributed by atoms with Crippen molar-refractivity contribution in [3.05, 3.63) is 38.5 Å². The Labute approximate surface area is 111 Å². The number of aromatic nitrogens is 1. The van der Waals surface area contributed by atoms with Gasteiger partial charge in [0.2, 0.25) is 0 Å². The largest absolute Gasteiger partial charge is 0.317 e. The first-order valence-corrected chi connectivity index (χ1v) is 7.64. The highest BCUT2D eigenvalue weighted by Crippen LogP contribution is 2.15. The molecule has 2 aromatic heterocycles. The SMILES string of the molecule is CNC(CCc1cccs1)Cc1csc(C)n1. The van der Waals surface area contributed by atoms with Crippen LogP contribution in [0.4, 0.5) is 0 Å². The van der Waals surface area contributed by atoms with E-state index in [0.717, 1.165) is 17.8 Å².